The lowest BCUT2D eigenvalue weighted by Crippen LogP contribution is -2.39. The number of hydrogen-bond donors (Lipinski definition) is 0. The average molecular weight is 329 g/mol. The van der Waals surface area contributed by atoms with Crippen molar-refractivity contribution >= 4 is 17.2 Å². The Hall–Kier alpha value is -1.72. The second-order valence-corrected chi connectivity index (χ2v) is 6.88. The van der Waals surface area contributed by atoms with E-state index >= 15 is 0 Å². The maximum absolute atomic E-state index is 12.6. The largest absolute Gasteiger partial charge is 0.337 e. The summed E-state index contributed by atoms with van der Waals surface area (Å²) in [6.45, 7) is 5.93. The van der Waals surface area contributed by atoms with Crippen molar-refractivity contribution in [2.75, 3.05) is 26.2 Å². The normalized spacial score (nSPS) is 17.7. The van der Waals surface area contributed by atoms with Crippen LogP contribution in [-0.2, 0) is 6.42 Å². The number of amides is 1. The smallest absolute Gasteiger partial charge is 0.254 e. The first-order valence-corrected chi connectivity index (χ1v) is 9.13. The van der Waals surface area contributed by atoms with Crippen LogP contribution in [0.15, 0.2) is 41.4 Å². The number of rotatable bonds is 4. The van der Waals surface area contributed by atoms with Gasteiger partial charge < -0.3 is 4.90 Å². The Kier molecular flexibility index (Phi) is 5.41. The third-order valence-electron chi connectivity index (χ3n) is 4.48. The Morgan fingerprint density at radius 1 is 1.22 bits per heavy atom. The van der Waals surface area contributed by atoms with Crippen LogP contribution in [-0.4, -0.2) is 52.9 Å². The third-order valence-corrected chi connectivity index (χ3v) is 5.21. The molecule has 5 heteroatoms. The van der Waals surface area contributed by atoms with Crippen LogP contribution in [0.2, 0.25) is 0 Å². The fourth-order valence-corrected chi connectivity index (χ4v) is 3.82. The van der Waals surface area contributed by atoms with E-state index in [9.17, 15) is 4.79 Å². The van der Waals surface area contributed by atoms with Gasteiger partial charge in [-0.05, 0) is 54.3 Å². The molecule has 4 nitrogen and oxygen atoms in total. The van der Waals surface area contributed by atoms with Crippen molar-refractivity contribution in [3.05, 3.63) is 52.5 Å². The zero-order valence-electron chi connectivity index (χ0n) is 13.5. The van der Waals surface area contributed by atoms with Gasteiger partial charge in [0.05, 0.1) is 0 Å². The zero-order chi connectivity index (χ0) is 16.1. The molecule has 1 unspecified atom stereocenters. The third kappa shape index (κ3) is 4.18. The topological polar surface area (TPSA) is 36.4 Å². The molecule has 2 aromatic rings. The Balaban J connectivity index is 1.57. The predicted molar refractivity (Wildman–Crippen MR) is 93.8 cm³/mol. The van der Waals surface area contributed by atoms with Crippen LogP contribution < -0.4 is 0 Å². The molecular formula is C18H23N3OS. The van der Waals surface area contributed by atoms with Gasteiger partial charge in [0.2, 0.25) is 0 Å². The molecule has 122 valence electrons. The van der Waals surface area contributed by atoms with Crippen molar-refractivity contribution in [3.63, 3.8) is 0 Å². The molecule has 1 amide bonds. The van der Waals surface area contributed by atoms with Crippen molar-refractivity contribution in [1.29, 1.82) is 0 Å². The minimum absolute atomic E-state index is 0.125. The number of thiophene rings is 1. The maximum Gasteiger partial charge on any atom is 0.254 e. The first-order valence-electron chi connectivity index (χ1n) is 8.18. The van der Waals surface area contributed by atoms with Crippen molar-refractivity contribution in [2.45, 2.75) is 25.8 Å². The molecule has 0 radical (unpaired) electrons. The van der Waals surface area contributed by atoms with E-state index in [1.54, 1.807) is 35.9 Å². The molecule has 0 spiro atoms. The van der Waals surface area contributed by atoms with Gasteiger partial charge in [0.15, 0.2) is 0 Å². The van der Waals surface area contributed by atoms with E-state index in [2.05, 4.69) is 33.6 Å². The van der Waals surface area contributed by atoms with Crippen LogP contribution in [0.25, 0.3) is 0 Å². The lowest BCUT2D eigenvalue weighted by molar-refractivity contribution is 0.0758. The van der Waals surface area contributed by atoms with E-state index in [0.717, 1.165) is 44.6 Å². The first kappa shape index (κ1) is 16.1. The SMILES string of the molecule is CC(Cc1ccsc1)N1CCCN(C(=O)c2ccncc2)CC1. The summed E-state index contributed by atoms with van der Waals surface area (Å²) in [4.78, 5) is 21.0. The standard InChI is InChI=1S/C18H23N3OS/c1-15(13-16-5-12-23-14-16)20-8-2-9-21(11-10-20)18(22)17-3-6-19-7-4-17/h3-7,12,14-15H,2,8-11,13H2,1H3. The Labute approximate surface area is 141 Å². The molecule has 3 rings (SSSR count). The van der Waals surface area contributed by atoms with Gasteiger partial charge in [0.25, 0.3) is 5.91 Å². The summed E-state index contributed by atoms with van der Waals surface area (Å²) in [5.74, 6) is 0.125. The summed E-state index contributed by atoms with van der Waals surface area (Å²) in [5, 5.41) is 4.37. The summed E-state index contributed by atoms with van der Waals surface area (Å²) < 4.78 is 0. The molecule has 0 aliphatic carbocycles. The summed E-state index contributed by atoms with van der Waals surface area (Å²) in [6.07, 6.45) is 5.48. The van der Waals surface area contributed by atoms with Crippen molar-refractivity contribution < 1.29 is 4.79 Å². The van der Waals surface area contributed by atoms with E-state index in [-0.39, 0.29) is 5.91 Å². The number of nitrogens with zero attached hydrogens (tertiary/aromatic N) is 3. The lowest BCUT2D eigenvalue weighted by atomic mass is 10.1. The van der Waals surface area contributed by atoms with Crippen LogP contribution >= 0.6 is 11.3 Å². The van der Waals surface area contributed by atoms with E-state index in [4.69, 9.17) is 0 Å². The summed E-state index contributed by atoms with van der Waals surface area (Å²) in [6, 6.07) is 6.31. The van der Waals surface area contributed by atoms with Crippen LogP contribution in [0.3, 0.4) is 0 Å². The minimum Gasteiger partial charge on any atom is -0.337 e. The molecular weight excluding hydrogens is 306 g/mol. The van der Waals surface area contributed by atoms with Gasteiger partial charge in [-0.1, -0.05) is 0 Å². The highest BCUT2D eigenvalue weighted by Crippen LogP contribution is 2.15. The minimum atomic E-state index is 0.125. The van der Waals surface area contributed by atoms with Gasteiger partial charge in [0.1, 0.15) is 0 Å². The van der Waals surface area contributed by atoms with Crippen molar-refractivity contribution in [3.8, 4) is 0 Å². The van der Waals surface area contributed by atoms with Gasteiger partial charge in [-0.25, -0.2) is 0 Å². The Morgan fingerprint density at radius 3 is 2.78 bits per heavy atom. The van der Waals surface area contributed by atoms with Crippen LogP contribution in [0.5, 0.6) is 0 Å². The first-order chi connectivity index (χ1) is 11.2. The zero-order valence-corrected chi connectivity index (χ0v) is 14.3. The lowest BCUT2D eigenvalue weighted by Gasteiger charge is -2.27. The van der Waals surface area contributed by atoms with Crippen molar-refractivity contribution in [1.82, 2.24) is 14.8 Å². The number of carbonyl (C=O) groups is 1. The molecule has 1 saturated heterocycles. The van der Waals surface area contributed by atoms with Crippen LogP contribution in [0.4, 0.5) is 0 Å². The molecule has 0 N–H and O–H groups in total. The Morgan fingerprint density at radius 2 is 2.04 bits per heavy atom. The molecule has 3 heterocycles. The molecule has 1 aliphatic rings. The molecule has 0 saturated carbocycles. The average Bonchev–Trinajstić information content (AvgIpc) is 2.96. The maximum atomic E-state index is 12.6. The fraction of sp³-hybridized carbons (Fsp3) is 0.444. The molecule has 23 heavy (non-hydrogen) atoms. The molecule has 0 aromatic carbocycles. The van der Waals surface area contributed by atoms with Gasteiger partial charge in [-0.2, -0.15) is 11.3 Å². The number of pyridine rings is 1. The number of carbonyl (C=O) groups excluding carboxylic acids is 1. The van der Waals surface area contributed by atoms with Crippen molar-refractivity contribution in [2.24, 2.45) is 0 Å². The summed E-state index contributed by atoms with van der Waals surface area (Å²) in [7, 11) is 0. The van der Waals surface area contributed by atoms with E-state index in [1.165, 1.54) is 5.56 Å². The second kappa shape index (κ2) is 7.70. The van der Waals surface area contributed by atoms with Crippen LogP contribution in [0.1, 0.15) is 29.3 Å². The fourth-order valence-electron chi connectivity index (χ4n) is 3.14. The monoisotopic (exact) mass is 329 g/mol. The predicted octanol–water partition coefficient (Wildman–Crippen LogP) is 2.92. The van der Waals surface area contributed by atoms with Gasteiger partial charge in [-0.3, -0.25) is 14.7 Å². The quantitative estimate of drug-likeness (QED) is 0.865. The molecule has 2 aromatic heterocycles. The second-order valence-electron chi connectivity index (χ2n) is 6.10. The highest BCUT2D eigenvalue weighted by molar-refractivity contribution is 7.07. The number of aromatic nitrogens is 1. The van der Waals surface area contributed by atoms with Crippen LogP contribution in [0, 0.1) is 0 Å². The summed E-state index contributed by atoms with van der Waals surface area (Å²) in [5.41, 5.74) is 2.15. The molecule has 1 atom stereocenters. The molecule has 1 aliphatic heterocycles. The molecule has 1 fully saturated rings. The number of hydrogen-bond acceptors (Lipinski definition) is 4. The highest BCUT2D eigenvalue weighted by Gasteiger charge is 2.22. The van der Waals surface area contributed by atoms with Gasteiger partial charge in [0, 0.05) is 50.2 Å². The van der Waals surface area contributed by atoms with Gasteiger partial charge in [-0.15, -0.1) is 0 Å². The van der Waals surface area contributed by atoms with E-state index < -0.39 is 0 Å². The van der Waals surface area contributed by atoms with E-state index in [1.807, 2.05) is 4.90 Å². The molecule has 0 bridgehead atoms. The summed E-state index contributed by atoms with van der Waals surface area (Å²) >= 11 is 1.76. The highest BCUT2D eigenvalue weighted by atomic mass is 32.1. The Bertz CT molecular complexity index is 614. The van der Waals surface area contributed by atoms with Gasteiger partial charge >= 0.3 is 0 Å². The van der Waals surface area contributed by atoms with E-state index in [0.29, 0.717) is 6.04 Å².